The Morgan fingerprint density at radius 3 is 2.69 bits per heavy atom. The first-order valence-corrected chi connectivity index (χ1v) is 9.58. The quantitative estimate of drug-likeness (QED) is 0.755. The van der Waals surface area contributed by atoms with E-state index in [2.05, 4.69) is 11.8 Å². The third kappa shape index (κ3) is 4.01. The normalized spacial score (nSPS) is 23.6. The van der Waals surface area contributed by atoms with E-state index in [1.165, 1.54) is 0 Å². The Bertz CT molecular complexity index is 646. The van der Waals surface area contributed by atoms with Crippen molar-refractivity contribution in [2.45, 2.75) is 32.6 Å². The van der Waals surface area contributed by atoms with Crippen molar-refractivity contribution < 1.29 is 14.3 Å². The molecule has 2 saturated heterocycles. The standard InChI is InChI=1S/C20H29N3O3/c1-2-23-12-3-9-20(19(23)25)10-13-22(15-20)11-4-14-26-17-7-5-16(6-8-17)18(21)24/h5-8H,2-4,9-15H2,1H3,(H2,21,24). The molecule has 3 rings (SSSR count). The SMILES string of the molecule is CCN1CCCC2(CCN(CCCOc3ccc(C(N)=O)cc3)C2)C1=O. The van der Waals surface area contributed by atoms with Crippen molar-refractivity contribution in [1.82, 2.24) is 9.80 Å². The van der Waals surface area contributed by atoms with E-state index in [0.717, 1.165) is 64.2 Å². The zero-order valence-electron chi connectivity index (χ0n) is 15.6. The van der Waals surface area contributed by atoms with Crippen LogP contribution in [-0.4, -0.2) is 60.9 Å². The summed E-state index contributed by atoms with van der Waals surface area (Å²) >= 11 is 0. The van der Waals surface area contributed by atoms with Crippen molar-refractivity contribution in [1.29, 1.82) is 0 Å². The minimum atomic E-state index is -0.432. The van der Waals surface area contributed by atoms with Crippen molar-refractivity contribution >= 4 is 11.8 Å². The predicted molar refractivity (Wildman–Crippen MR) is 100 cm³/mol. The molecule has 1 atom stereocenters. The molecular weight excluding hydrogens is 330 g/mol. The van der Waals surface area contributed by atoms with Crippen LogP contribution in [0.5, 0.6) is 5.75 Å². The first-order valence-electron chi connectivity index (χ1n) is 9.58. The number of hydrogen-bond acceptors (Lipinski definition) is 4. The Kier molecular flexibility index (Phi) is 5.81. The van der Waals surface area contributed by atoms with Crippen LogP contribution >= 0.6 is 0 Å². The fraction of sp³-hybridized carbons (Fsp3) is 0.600. The highest BCUT2D eigenvalue weighted by Crippen LogP contribution is 2.39. The third-order valence-corrected chi connectivity index (χ3v) is 5.67. The monoisotopic (exact) mass is 359 g/mol. The molecule has 1 spiro atoms. The summed E-state index contributed by atoms with van der Waals surface area (Å²) in [5, 5.41) is 0. The number of amides is 2. The lowest BCUT2D eigenvalue weighted by Crippen LogP contribution is -2.49. The number of nitrogens with zero attached hydrogens (tertiary/aromatic N) is 2. The summed E-state index contributed by atoms with van der Waals surface area (Å²) in [4.78, 5) is 28.2. The molecule has 0 radical (unpaired) electrons. The lowest BCUT2D eigenvalue weighted by atomic mass is 9.78. The maximum absolute atomic E-state index is 12.8. The van der Waals surface area contributed by atoms with Gasteiger partial charge in [-0.1, -0.05) is 0 Å². The van der Waals surface area contributed by atoms with Crippen molar-refractivity contribution in [3.05, 3.63) is 29.8 Å². The Labute approximate surface area is 155 Å². The van der Waals surface area contributed by atoms with Crippen molar-refractivity contribution in [3.63, 3.8) is 0 Å². The second-order valence-electron chi connectivity index (χ2n) is 7.39. The molecule has 2 aliphatic heterocycles. The van der Waals surface area contributed by atoms with Gasteiger partial charge in [0, 0.05) is 31.7 Å². The topological polar surface area (TPSA) is 75.9 Å². The summed E-state index contributed by atoms with van der Waals surface area (Å²) in [6, 6.07) is 6.89. The Morgan fingerprint density at radius 1 is 1.23 bits per heavy atom. The van der Waals surface area contributed by atoms with Gasteiger partial charge >= 0.3 is 0 Å². The molecule has 1 aromatic rings. The van der Waals surface area contributed by atoms with E-state index in [1.54, 1.807) is 24.3 Å². The van der Waals surface area contributed by atoms with Gasteiger partial charge in [0.05, 0.1) is 12.0 Å². The van der Waals surface area contributed by atoms with Crippen molar-refractivity contribution in [2.75, 3.05) is 39.3 Å². The molecular formula is C20H29N3O3. The summed E-state index contributed by atoms with van der Waals surface area (Å²) in [7, 11) is 0. The number of nitrogens with two attached hydrogens (primary N) is 1. The van der Waals surface area contributed by atoms with E-state index in [0.29, 0.717) is 18.1 Å². The fourth-order valence-corrected chi connectivity index (χ4v) is 4.18. The van der Waals surface area contributed by atoms with E-state index < -0.39 is 5.91 Å². The number of carbonyl (C=O) groups is 2. The van der Waals surface area contributed by atoms with Crippen LogP contribution in [0.3, 0.4) is 0 Å². The number of primary amides is 1. The number of ether oxygens (including phenoxy) is 1. The summed E-state index contributed by atoms with van der Waals surface area (Å²) in [5.74, 6) is 0.673. The van der Waals surface area contributed by atoms with Crippen LogP contribution in [0.2, 0.25) is 0 Å². The molecule has 2 N–H and O–H groups in total. The molecule has 6 nitrogen and oxygen atoms in total. The summed E-state index contributed by atoms with van der Waals surface area (Å²) < 4.78 is 5.74. The number of carbonyl (C=O) groups excluding carboxylic acids is 2. The Morgan fingerprint density at radius 2 is 2.00 bits per heavy atom. The highest BCUT2D eigenvalue weighted by atomic mass is 16.5. The van der Waals surface area contributed by atoms with Gasteiger partial charge in [0.1, 0.15) is 5.75 Å². The average Bonchev–Trinajstić information content (AvgIpc) is 3.05. The lowest BCUT2D eigenvalue weighted by Gasteiger charge is -2.39. The maximum Gasteiger partial charge on any atom is 0.248 e. The molecule has 0 aliphatic carbocycles. The van der Waals surface area contributed by atoms with Crippen molar-refractivity contribution in [3.8, 4) is 5.75 Å². The highest BCUT2D eigenvalue weighted by Gasteiger charge is 2.47. The van der Waals surface area contributed by atoms with Gasteiger partial charge in [0.2, 0.25) is 11.8 Å². The first-order chi connectivity index (χ1) is 12.5. The molecule has 2 amide bonds. The van der Waals surface area contributed by atoms with E-state index in [-0.39, 0.29) is 5.41 Å². The summed E-state index contributed by atoms with van der Waals surface area (Å²) in [5.41, 5.74) is 5.57. The maximum atomic E-state index is 12.8. The lowest BCUT2D eigenvalue weighted by molar-refractivity contribution is -0.145. The molecule has 1 unspecified atom stereocenters. The first kappa shape index (κ1) is 18.7. The molecule has 142 valence electrons. The minimum absolute atomic E-state index is 0.139. The van der Waals surface area contributed by atoms with Crippen LogP contribution in [0.15, 0.2) is 24.3 Å². The predicted octanol–water partition coefficient (Wildman–Crippen LogP) is 1.89. The van der Waals surface area contributed by atoms with Crippen molar-refractivity contribution in [2.24, 2.45) is 11.1 Å². The van der Waals surface area contributed by atoms with E-state index in [9.17, 15) is 9.59 Å². The smallest absolute Gasteiger partial charge is 0.248 e. The highest BCUT2D eigenvalue weighted by molar-refractivity contribution is 5.92. The zero-order valence-corrected chi connectivity index (χ0v) is 15.6. The van der Waals surface area contributed by atoms with Gasteiger partial charge in [0.25, 0.3) is 0 Å². The Balaban J connectivity index is 1.42. The Hall–Kier alpha value is -2.08. The fourth-order valence-electron chi connectivity index (χ4n) is 4.18. The minimum Gasteiger partial charge on any atom is -0.494 e. The number of benzene rings is 1. The van der Waals surface area contributed by atoms with Crippen LogP contribution in [0, 0.1) is 5.41 Å². The largest absolute Gasteiger partial charge is 0.494 e. The molecule has 1 aromatic carbocycles. The van der Waals surface area contributed by atoms with Gasteiger partial charge in [-0.05, 0) is 63.4 Å². The third-order valence-electron chi connectivity index (χ3n) is 5.67. The van der Waals surface area contributed by atoms with Crippen LogP contribution in [0.4, 0.5) is 0 Å². The van der Waals surface area contributed by atoms with Gasteiger partial charge in [-0.15, -0.1) is 0 Å². The van der Waals surface area contributed by atoms with Gasteiger partial charge in [-0.25, -0.2) is 0 Å². The molecule has 2 fully saturated rings. The molecule has 6 heteroatoms. The van der Waals surface area contributed by atoms with Crippen LogP contribution in [0.25, 0.3) is 0 Å². The number of hydrogen-bond donors (Lipinski definition) is 1. The molecule has 0 saturated carbocycles. The summed E-state index contributed by atoms with van der Waals surface area (Å²) in [6.07, 6.45) is 4.05. The van der Waals surface area contributed by atoms with Gasteiger partial charge in [-0.2, -0.15) is 0 Å². The van der Waals surface area contributed by atoms with Gasteiger partial charge in [0.15, 0.2) is 0 Å². The van der Waals surface area contributed by atoms with E-state index in [1.807, 2.05) is 4.90 Å². The molecule has 2 aliphatic rings. The summed E-state index contributed by atoms with van der Waals surface area (Å²) in [6.45, 7) is 7.25. The molecule has 26 heavy (non-hydrogen) atoms. The number of rotatable bonds is 7. The second-order valence-corrected chi connectivity index (χ2v) is 7.39. The van der Waals surface area contributed by atoms with E-state index in [4.69, 9.17) is 10.5 Å². The molecule has 0 aromatic heterocycles. The average molecular weight is 359 g/mol. The second kappa shape index (κ2) is 8.08. The molecule has 2 heterocycles. The van der Waals surface area contributed by atoms with Gasteiger partial charge < -0.3 is 20.3 Å². The molecule has 0 bridgehead atoms. The van der Waals surface area contributed by atoms with E-state index >= 15 is 0 Å². The number of piperidine rings is 1. The zero-order chi connectivity index (χ0) is 18.6. The van der Waals surface area contributed by atoms with Gasteiger partial charge in [-0.3, -0.25) is 9.59 Å². The van der Waals surface area contributed by atoms with Crippen LogP contribution in [0.1, 0.15) is 43.0 Å². The van der Waals surface area contributed by atoms with Crippen LogP contribution < -0.4 is 10.5 Å². The van der Waals surface area contributed by atoms with Crippen LogP contribution in [-0.2, 0) is 4.79 Å². The number of likely N-dealkylation sites (tertiary alicyclic amines) is 2.